The van der Waals surface area contributed by atoms with Crippen LogP contribution in [0.3, 0.4) is 0 Å². The van der Waals surface area contributed by atoms with Crippen molar-refractivity contribution in [1.82, 2.24) is 9.97 Å². The van der Waals surface area contributed by atoms with E-state index in [4.69, 9.17) is 4.74 Å². The summed E-state index contributed by atoms with van der Waals surface area (Å²) in [6.07, 6.45) is -2.66. The molecular formula is C13H15F3N2O3. The molecule has 21 heavy (non-hydrogen) atoms. The summed E-state index contributed by atoms with van der Waals surface area (Å²) in [4.78, 5) is 19.0. The molecule has 1 aliphatic rings. The Morgan fingerprint density at radius 1 is 1.52 bits per heavy atom. The number of aromatic nitrogens is 2. The summed E-state index contributed by atoms with van der Waals surface area (Å²) >= 11 is 0. The van der Waals surface area contributed by atoms with Crippen molar-refractivity contribution in [2.75, 3.05) is 13.2 Å². The summed E-state index contributed by atoms with van der Waals surface area (Å²) in [6.45, 7) is 3.56. The maximum Gasteiger partial charge on any atom is 0.434 e. The van der Waals surface area contributed by atoms with Crippen molar-refractivity contribution in [3.05, 3.63) is 23.3 Å². The molecular weight excluding hydrogens is 289 g/mol. The van der Waals surface area contributed by atoms with Crippen LogP contribution in [0.5, 0.6) is 0 Å². The second-order valence-electron chi connectivity index (χ2n) is 4.86. The van der Waals surface area contributed by atoms with Gasteiger partial charge in [0.15, 0.2) is 11.5 Å². The Kier molecular flexibility index (Phi) is 4.18. The van der Waals surface area contributed by atoms with Gasteiger partial charge in [0.25, 0.3) is 0 Å². The molecule has 1 aliphatic heterocycles. The zero-order valence-corrected chi connectivity index (χ0v) is 11.7. The number of ether oxygens (including phenoxy) is 2. The number of halogens is 3. The van der Waals surface area contributed by atoms with Crippen molar-refractivity contribution < 1.29 is 27.4 Å². The minimum absolute atomic E-state index is 0.0291. The van der Waals surface area contributed by atoms with Crippen molar-refractivity contribution in [3.63, 3.8) is 0 Å². The fourth-order valence-corrected chi connectivity index (χ4v) is 2.17. The molecule has 1 fully saturated rings. The van der Waals surface area contributed by atoms with Gasteiger partial charge in [0.1, 0.15) is 11.2 Å². The molecule has 0 radical (unpaired) electrons. The van der Waals surface area contributed by atoms with Crippen molar-refractivity contribution in [2.45, 2.75) is 38.5 Å². The van der Waals surface area contributed by atoms with Crippen molar-refractivity contribution in [3.8, 4) is 0 Å². The van der Waals surface area contributed by atoms with Gasteiger partial charge in [-0.15, -0.1) is 0 Å². The lowest BCUT2D eigenvalue weighted by molar-refractivity contribution is -0.142. The SMILES string of the molecule is CCOC(=O)c1cnc(C2(C)CCCO2)nc1C(F)(F)F. The Labute approximate surface area is 119 Å². The molecule has 0 aliphatic carbocycles. The van der Waals surface area contributed by atoms with E-state index in [-0.39, 0.29) is 12.4 Å². The smallest absolute Gasteiger partial charge is 0.434 e. The van der Waals surface area contributed by atoms with Gasteiger partial charge in [-0.3, -0.25) is 0 Å². The molecule has 0 aromatic carbocycles. The number of nitrogens with zero attached hydrogens (tertiary/aromatic N) is 2. The van der Waals surface area contributed by atoms with Crippen LogP contribution < -0.4 is 0 Å². The van der Waals surface area contributed by atoms with E-state index in [1.165, 1.54) is 6.92 Å². The molecule has 116 valence electrons. The van der Waals surface area contributed by atoms with Crippen LogP contribution in [-0.4, -0.2) is 29.2 Å². The van der Waals surface area contributed by atoms with Gasteiger partial charge < -0.3 is 9.47 Å². The van der Waals surface area contributed by atoms with E-state index in [1.54, 1.807) is 6.92 Å². The van der Waals surface area contributed by atoms with Gasteiger partial charge in [-0.2, -0.15) is 13.2 Å². The van der Waals surface area contributed by atoms with Gasteiger partial charge in [-0.05, 0) is 26.7 Å². The first-order chi connectivity index (χ1) is 9.78. The first kappa shape index (κ1) is 15.7. The topological polar surface area (TPSA) is 61.3 Å². The van der Waals surface area contributed by atoms with Gasteiger partial charge in [-0.1, -0.05) is 0 Å². The molecule has 0 amide bonds. The van der Waals surface area contributed by atoms with E-state index in [0.717, 1.165) is 12.6 Å². The van der Waals surface area contributed by atoms with E-state index >= 15 is 0 Å². The van der Waals surface area contributed by atoms with Crippen LogP contribution in [0.15, 0.2) is 6.20 Å². The lowest BCUT2D eigenvalue weighted by Gasteiger charge is -2.22. The number of alkyl halides is 3. The summed E-state index contributed by atoms with van der Waals surface area (Å²) in [5, 5.41) is 0. The number of carbonyl (C=O) groups excluding carboxylic acids is 1. The van der Waals surface area contributed by atoms with Crippen molar-refractivity contribution >= 4 is 5.97 Å². The molecule has 5 nitrogen and oxygen atoms in total. The van der Waals surface area contributed by atoms with Gasteiger partial charge in [0, 0.05) is 12.8 Å². The molecule has 1 unspecified atom stereocenters. The van der Waals surface area contributed by atoms with Crippen LogP contribution in [0, 0.1) is 0 Å². The fourth-order valence-electron chi connectivity index (χ4n) is 2.17. The normalized spacial score (nSPS) is 22.3. The van der Waals surface area contributed by atoms with Crippen LogP contribution in [0.2, 0.25) is 0 Å². The second-order valence-corrected chi connectivity index (χ2v) is 4.86. The molecule has 2 rings (SSSR count). The standard InChI is InChI=1S/C13H15F3N2O3/c1-3-20-10(19)8-7-17-11(12(2)5-4-6-21-12)18-9(8)13(14,15)16/h7H,3-6H2,1-2H3. The summed E-state index contributed by atoms with van der Waals surface area (Å²) < 4.78 is 49.3. The highest BCUT2D eigenvalue weighted by Crippen LogP contribution is 2.36. The fraction of sp³-hybridized carbons (Fsp3) is 0.615. The molecule has 0 N–H and O–H groups in total. The predicted octanol–water partition coefficient (Wildman–Crippen LogP) is 2.70. The highest BCUT2D eigenvalue weighted by molar-refractivity contribution is 5.90. The van der Waals surface area contributed by atoms with Crippen molar-refractivity contribution in [2.24, 2.45) is 0 Å². The molecule has 2 heterocycles. The third-order valence-corrected chi connectivity index (χ3v) is 3.24. The third-order valence-electron chi connectivity index (χ3n) is 3.24. The molecule has 1 aromatic heterocycles. The summed E-state index contributed by atoms with van der Waals surface area (Å²) in [5.74, 6) is -1.16. The molecule has 0 spiro atoms. The summed E-state index contributed by atoms with van der Waals surface area (Å²) in [7, 11) is 0. The Hall–Kier alpha value is -1.70. The zero-order valence-electron chi connectivity index (χ0n) is 11.7. The molecule has 0 bridgehead atoms. The third kappa shape index (κ3) is 3.15. The Morgan fingerprint density at radius 2 is 2.24 bits per heavy atom. The maximum absolute atomic E-state index is 13.1. The average molecular weight is 304 g/mol. The van der Waals surface area contributed by atoms with E-state index in [2.05, 4.69) is 14.7 Å². The van der Waals surface area contributed by atoms with E-state index in [1.807, 2.05) is 0 Å². The molecule has 1 saturated heterocycles. The minimum Gasteiger partial charge on any atom is -0.462 e. The predicted molar refractivity (Wildman–Crippen MR) is 65.5 cm³/mol. The Morgan fingerprint density at radius 3 is 2.76 bits per heavy atom. The van der Waals surface area contributed by atoms with Crippen LogP contribution >= 0.6 is 0 Å². The number of hydrogen-bond acceptors (Lipinski definition) is 5. The molecule has 1 atom stereocenters. The number of hydrogen-bond donors (Lipinski definition) is 0. The summed E-state index contributed by atoms with van der Waals surface area (Å²) in [6, 6.07) is 0. The molecule has 8 heteroatoms. The van der Waals surface area contributed by atoms with E-state index in [0.29, 0.717) is 13.0 Å². The van der Waals surface area contributed by atoms with Gasteiger partial charge in [0.2, 0.25) is 0 Å². The largest absolute Gasteiger partial charge is 0.462 e. The highest BCUT2D eigenvalue weighted by Gasteiger charge is 2.42. The summed E-state index contributed by atoms with van der Waals surface area (Å²) in [5.41, 5.74) is -2.93. The van der Waals surface area contributed by atoms with Gasteiger partial charge in [0.05, 0.1) is 6.61 Å². The highest BCUT2D eigenvalue weighted by atomic mass is 19.4. The minimum atomic E-state index is -4.77. The van der Waals surface area contributed by atoms with Gasteiger partial charge in [-0.25, -0.2) is 14.8 Å². The Balaban J connectivity index is 2.47. The van der Waals surface area contributed by atoms with E-state index in [9.17, 15) is 18.0 Å². The monoisotopic (exact) mass is 304 g/mol. The second kappa shape index (κ2) is 5.59. The first-order valence-electron chi connectivity index (χ1n) is 6.54. The first-order valence-corrected chi connectivity index (χ1v) is 6.54. The van der Waals surface area contributed by atoms with Crippen LogP contribution in [0.25, 0.3) is 0 Å². The van der Waals surface area contributed by atoms with Crippen LogP contribution in [0.4, 0.5) is 13.2 Å². The lowest BCUT2D eigenvalue weighted by atomic mass is 10.0. The molecule has 1 aromatic rings. The quantitative estimate of drug-likeness (QED) is 0.803. The van der Waals surface area contributed by atoms with Crippen LogP contribution in [-0.2, 0) is 21.3 Å². The molecule has 0 saturated carbocycles. The van der Waals surface area contributed by atoms with Crippen LogP contribution in [0.1, 0.15) is 48.6 Å². The van der Waals surface area contributed by atoms with Gasteiger partial charge >= 0.3 is 12.1 Å². The van der Waals surface area contributed by atoms with Crippen molar-refractivity contribution in [1.29, 1.82) is 0 Å². The average Bonchev–Trinajstić information content (AvgIpc) is 2.85. The van der Waals surface area contributed by atoms with E-state index < -0.39 is 29.0 Å². The Bertz CT molecular complexity index is 540. The lowest BCUT2D eigenvalue weighted by Crippen LogP contribution is -2.27. The maximum atomic E-state index is 13.1. The number of esters is 1. The number of rotatable bonds is 3. The zero-order chi connectivity index (χ0) is 15.7. The number of carbonyl (C=O) groups is 1.